The molecule has 4 aromatic rings. The quantitative estimate of drug-likeness (QED) is 0.218. The van der Waals surface area contributed by atoms with Crippen LogP contribution in [-0.2, 0) is 18.4 Å². The summed E-state index contributed by atoms with van der Waals surface area (Å²) in [4.78, 5) is 15.0. The van der Waals surface area contributed by atoms with Crippen LogP contribution in [0.4, 0.5) is 34.1 Å². The number of amides is 1. The number of ether oxygens (including phenoxy) is 1. The van der Waals surface area contributed by atoms with Crippen molar-refractivity contribution in [3.05, 3.63) is 96.3 Å². The van der Waals surface area contributed by atoms with Crippen molar-refractivity contribution in [1.82, 2.24) is 4.57 Å². The Hall–Kier alpha value is -4.27. The molecule has 0 atom stereocenters. The summed E-state index contributed by atoms with van der Waals surface area (Å²) in [5, 5.41) is 19.5. The highest BCUT2D eigenvalue weighted by molar-refractivity contribution is 6.03. The van der Waals surface area contributed by atoms with E-state index in [0.29, 0.717) is 12.3 Å². The molecule has 4 N–H and O–H groups in total. The number of aliphatic hydroxyl groups excluding tert-OH is 1. The smallest absolute Gasteiger partial charge is 0.272 e. The Bertz CT molecular complexity index is 1370. The molecule has 8 heteroatoms. The van der Waals surface area contributed by atoms with Gasteiger partial charge in [-0.25, -0.2) is 0 Å². The molecule has 1 saturated heterocycles. The van der Waals surface area contributed by atoms with Crippen molar-refractivity contribution < 1.29 is 14.6 Å². The predicted octanol–water partition coefficient (Wildman–Crippen LogP) is 5.87. The minimum atomic E-state index is -0.165. The molecule has 1 aliphatic heterocycles. The summed E-state index contributed by atoms with van der Waals surface area (Å²) in [6.45, 7) is 2.25. The van der Waals surface area contributed by atoms with E-state index in [1.54, 1.807) is 11.7 Å². The lowest BCUT2D eigenvalue weighted by atomic mass is 10.1. The maximum atomic E-state index is 12.7. The van der Waals surface area contributed by atoms with E-state index in [1.807, 2.05) is 67.8 Å². The highest BCUT2D eigenvalue weighted by Gasteiger charge is 2.17. The van der Waals surface area contributed by atoms with Gasteiger partial charge in [0.25, 0.3) is 5.91 Å². The van der Waals surface area contributed by atoms with E-state index in [2.05, 4.69) is 45.1 Å². The van der Waals surface area contributed by atoms with Crippen LogP contribution in [0.15, 0.2) is 85.1 Å². The number of methoxy groups -OCH3 is 1. The maximum Gasteiger partial charge on any atom is 0.272 e. The topological polar surface area (TPSA) is 90.8 Å². The number of anilines is 6. The van der Waals surface area contributed by atoms with Gasteiger partial charge in [0.05, 0.1) is 12.7 Å². The van der Waals surface area contributed by atoms with Crippen LogP contribution in [0.25, 0.3) is 0 Å². The van der Waals surface area contributed by atoms with Crippen molar-refractivity contribution in [3.8, 4) is 0 Å². The highest BCUT2D eigenvalue weighted by atomic mass is 16.5. The van der Waals surface area contributed by atoms with Crippen molar-refractivity contribution >= 4 is 40.0 Å². The minimum Gasteiger partial charge on any atom is -0.393 e. The second-order valence-corrected chi connectivity index (χ2v) is 9.90. The molecule has 8 nitrogen and oxygen atoms in total. The standard InChI is InChI=1S/C31H35N5O3/c1-35-20-22(21-39-2)19-30(35)31(38)34-27-9-7-25(8-10-27)32-23-3-5-24(6-4-23)33-26-11-13-28(14-12-26)36-17-15-29(37)16-18-36/h3-14,19-20,29,32-33,37H,15-18,21H2,1-2H3,(H,34,38). The fourth-order valence-electron chi connectivity index (χ4n) is 4.79. The van der Waals surface area contributed by atoms with Gasteiger partial charge in [-0.2, -0.15) is 0 Å². The second-order valence-electron chi connectivity index (χ2n) is 9.90. The van der Waals surface area contributed by atoms with Gasteiger partial charge in [-0.15, -0.1) is 0 Å². The molecule has 202 valence electrons. The SMILES string of the molecule is COCc1cc(C(=O)Nc2ccc(Nc3ccc(Nc4ccc(N5CCC(O)CC5)cc4)cc3)cc2)n(C)c1. The third kappa shape index (κ3) is 6.79. The average Bonchev–Trinajstić information content (AvgIpc) is 3.32. The van der Waals surface area contributed by atoms with Crippen molar-refractivity contribution in [3.63, 3.8) is 0 Å². The molecule has 1 aliphatic rings. The Morgan fingerprint density at radius 3 is 1.85 bits per heavy atom. The van der Waals surface area contributed by atoms with Gasteiger partial charge in [0.15, 0.2) is 0 Å². The molecule has 5 rings (SSSR count). The van der Waals surface area contributed by atoms with Gasteiger partial charge in [0, 0.05) is 67.6 Å². The van der Waals surface area contributed by atoms with Gasteiger partial charge in [-0.1, -0.05) is 0 Å². The molecular weight excluding hydrogens is 490 g/mol. The number of hydrogen-bond donors (Lipinski definition) is 4. The van der Waals surface area contributed by atoms with Crippen LogP contribution in [0, 0.1) is 0 Å². The van der Waals surface area contributed by atoms with E-state index in [1.165, 1.54) is 5.69 Å². The van der Waals surface area contributed by atoms with E-state index in [9.17, 15) is 9.90 Å². The lowest BCUT2D eigenvalue weighted by Crippen LogP contribution is -2.35. The van der Waals surface area contributed by atoms with Gasteiger partial charge >= 0.3 is 0 Å². The zero-order valence-corrected chi connectivity index (χ0v) is 22.4. The van der Waals surface area contributed by atoms with Gasteiger partial charge in [0.2, 0.25) is 0 Å². The summed E-state index contributed by atoms with van der Waals surface area (Å²) < 4.78 is 6.95. The average molecular weight is 526 g/mol. The normalized spacial score (nSPS) is 13.8. The Morgan fingerprint density at radius 1 is 0.846 bits per heavy atom. The molecule has 39 heavy (non-hydrogen) atoms. The van der Waals surface area contributed by atoms with Crippen LogP contribution in [-0.4, -0.2) is 41.9 Å². The molecule has 0 saturated carbocycles. The van der Waals surface area contributed by atoms with E-state index in [0.717, 1.165) is 59.9 Å². The zero-order chi connectivity index (χ0) is 27.2. The number of rotatable bonds is 9. The molecule has 3 aromatic carbocycles. The highest BCUT2D eigenvalue weighted by Crippen LogP contribution is 2.26. The number of carbonyl (C=O) groups excluding carboxylic acids is 1. The molecule has 0 bridgehead atoms. The monoisotopic (exact) mass is 525 g/mol. The molecular formula is C31H35N5O3. The number of aromatic nitrogens is 1. The van der Waals surface area contributed by atoms with E-state index < -0.39 is 0 Å². The largest absolute Gasteiger partial charge is 0.393 e. The van der Waals surface area contributed by atoms with Crippen molar-refractivity contribution in [1.29, 1.82) is 0 Å². The number of hydrogen-bond acceptors (Lipinski definition) is 6. The Kier molecular flexibility index (Phi) is 8.15. The number of benzene rings is 3. The fourth-order valence-corrected chi connectivity index (χ4v) is 4.79. The molecule has 1 aromatic heterocycles. The number of aliphatic hydroxyl groups is 1. The second kappa shape index (κ2) is 12.1. The number of nitrogens with one attached hydrogen (secondary N) is 3. The van der Waals surface area contributed by atoms with Crippen LogP contribution in [0.2, 0.25) is 0 Å². The summed E-state index contributed by atoms with van der Waals surface area (Å²) in [6, 6.07) is 26.0. The number of piperidine rings is 1. The molecule has 1 fully saturated rings. The van der Waals surface area contributed by atoms with Crippen molar-refractivity contribution in [2.45, 2.75) is 25.6 Å². The van der Waals surface area contributed by atoms with Crippen LogP contribution in [0.5, 0.6) is 0 Å². The third-order valence-corrected chi connectivity index (χ3v) is 6.91. The first-order chi connectivity index (χ1) is 19.0. The summed E-state index contributed by atoms with van der Waals surface area (Å²) in [6.07, 6.45) is 3.38. The maximum absolute atomic E-state index is 12.7. The first-order valence-corrected chi connectivity index (χ1v) is 13.2. The van der Waals surface area contributed by atoms with E-state index >= 15 is 0 Å². The molecule has 0 unspecified atom stereocenters. The van der Waals surface area contributed by atoms with Crippen molar-refractivity contribution in [2.24, 2.45) is 7.05 Å². The van der Waals surface area contributed by atoms with Gasteiger partial charge in [0.1, 0.15) is 5.69 Å². The summed E-state index contributed by atoms with van der Waals surface area (Å²) in [5.74, 6) is -0.162. The van der Waals surface area contributed by atoms with E-state index in [4.69, 9.17) is 4.74 Å². The molecule has 0 spiro atoms. The number of aryl methyl sites for hydroxylation is 1. The molecule has 0 radical (unpaired) electrons. The van der Waals surface area contributed by atoms with Gasteiger partial charge in [-0.05, 0) is 97.3 Å². The number of nitrogens with zero attached hydrogens (tertiary/aromatic N) is 2. The van der Waals surface area contributed by atoms with Crippen LogP contribution in [0.3, 0.4) is 0 Å². The van der Waals surface area contributed by atoms with Gasteiger partial charge in [-0.3, -0.25) is 4.79 Å². The Balaban J connectivity index is 1.13. The zero-order valence-electron chi connectivity index (χ0n) is 22.4. The Morgan fingerprint density at radius 2 is 1.33 bits per heavy atom. The molecule has 1 amide bonds. The van der Waals surface area contributed by atoms with Crippen LogP contribution >= 0.6 is 0 Å². The van der Waals surface area contributed by atoms with Crippen LogP contribution < -0.4 is 20.9 Å². The fraction of sp³-hybridized carbons (Fsp3) is 0.258. The minimum absolute atomic E-state index is 0.162. The van der Waals surface area contributed by atoms with E-state index in [-0.39, 0.29) is 12.0 Å². The summed E-state index contributed by atoms with van der Waals surface area (Å²) in [5.41, 5.74) is 7.37. The van der Waals surface area contributed by atoms with Gasteiger partial charge < -0.3 is 35.3 Å². The first kappa shape index (κ1) is 26.3. The van der Waals surface area contributed by atoms with Crippen LogP contribution in [0.1, 0.15) is 28.9 Å². The number of carbonyl (C=O) groups is 1. The molecule has 2 heterocycles. The molecule has 0 aliphatic carbocycles. The van der Waals surface area contributed by atoms with Crippen molar-refractivity contribution in [2.75, 3.05) is 41.0 Å². The summed E-state index contributed by atoms with van der Waals surface area (Å²) in [7, 11) is 3.49. The first-order valence-electron chi connectivity index (χ1n) is 13.2. The lowest BCUT2D eigenvalue weighted by Gasteiger charge is -2.31. The lowest BCUT2D eigenvalue weighted by molar-refractivity contribution is 0.101. The third-order valence-electron chi connectivity index (χ3n) is 6.91. The Labute approximate surface area is 229 Å². The predicted molar refractivity (Wildman–Crippen MR) is 157 cm³/mol. The summed E-state index contributed by atoms with van der Waals surface area (Å²) >= 11 is 0.